The Hall–Kier alpha value is -1.11. The summed E-state index contributed by atoms with van der Waals surface area (Å²) in [5.74, 6) is 0. The van der Waals surface area contributed by atoms with Crippen LogP contribution >= 0.6 is 0 Å². The van der Waals surface area contributed by atoms with Crippen molar-refractivity contribution in [2.45, 2.75) is 64.9 Å². The zero-order valence-corrected chi connectivity index (χ0v) is 17.4. The third-order valence-electron chi connectivity index (χ3n) is 4.59. The molecule has 0 fully saturated rings. The van der Waals surface area contributed by atoms with E-state index in [0.717, 1.165) is 32.3 Å². The van der Waals surface area contributed by atoms with E-state index in [9.17, 15) is 13.5 Å². The Morgan fingerprint density at radius 3 is 2.35 bits per heavy atom. The molecular formula is C20H36N2O3S. The number of benzene rings is 1. The molecule has 1 atom stereocenters. The predicted octanol–water partition coefficient (Wildman–Crippen LogP) is 4.16. The van der Waals surface area contributed by atoms with Gasteiger partial charge in [-0.1, -0.05) is 57.7 Å². The number of nitrogens with one attached hydrogen (secondary N) is 1. The second-order valence-electron chi connectivity index (χ2n) is 6.97. The lowest BCUT2D eigenvalue weighted by Crippen LogP contribution is -2.26. The highest BCUT2D eigenvalue weighted by atomic mass is 32.2. The van der Waals surface area contributed by atoms with Crippen LogP contribution < -0.4 is 4.72 Å². The van der Waals surface area contributed by atoms with E-state index >= 15 is 0 Å². The minimum Gasteiger partial charge on any atom is -0.388 e. The van der Waals surface area contributed by atoms with Gasteiger partial charge in [0.05, 0.1) is 18.0 Å². The van der Waals surface area contributed by atoms with E-state index in [1.54, 1.807) is 18.2 Å². The molecule has 5 nitrogen and oxygen atoms in total. The maximum absolute atomic E-state index is 11.5. The lowest BCUT2D eigenvalue weighted by atomic mass is 10.0. The van der Waals surface area contributed by atoms with Gasteiger partial charge in [-0.05, 0) is 45.0 Å². The summed E-state index contributed by atoms with van der Waals surface area (Å²) in [7, 11) is -3.36. The number of rotatable bonds is 14. The van der Waals surface area contributed by atoms with Crippen molar-refractivity contribution in [2.24, 2.45) is 0 Å². The number of sulfonamides is 1. The highest BCUT2D eigenvalue weighted by molar-refractivity contribution is 7.92. The van der Waals surface area contributed by atoms with Crippen molar-refractivity contribution in [2.75, 3.05) is 30.6 Å². The van der Waals surface area contributed by atoms with E-state index in [-0.39, 0.29) is 0 Å². The number of unbranched alkanes of at least 4 members (excludes halogenated alkanes) is 4. The van der Waals surface area contributed by atoms with Crippen LogP contribution in [0.15, 0.2) is 24.3 Å². The molecule has 0 amide bonds. The zero-order chi connectivity index (χ0) is 19.4. The number of hydrogen-bond acceptors (Lipinski definition) is 4. The van der Waals surface area contributed by atoms with Crippen LogP contribution in [0.25, 0.3) is 0 Å². The Bertz CT molecular complexity index is 605. The lowest BCUT2D eigenvalue weighted by molar-refractivity contribution is 0.156. The fourth-order valence-electron chi connectivity index (χ4n) is 3.11. The Labute approximate surface area is 159 Å². The standard InChI is InChI=1S/C20H36N2O3S/c1-4-6-7-8-11-16-22(5-2)17-12-15-20(23)18-13-9-10-14-19(18)21-26(3,24)25/h9-10,13-14,20-21,23H,4-8,11-12,15-17H2,1-3H3. The molecule has 0 heterocycles. The molecule has 150 valence electrons. The van der Waals surface area contributed by atoms with Crippen LogP contribution in [0.2, 0.25) is 0 Å². The van der Waals surface area contributed by atoms with E-state index in [1.807, 2.05) is 6.07 Å². The number of hydrogen-bond donors (Lipinski definition) is 2. The first-order valence-corrected chi connectivity index (χ1v) is 11.7. The van der Waals surface area contributed by atoms with E-state index in [1.165, 1.54) is 32.1 Å². The second kappa shape index (κ2) is 12.3. The van der Waals surface area contributed by atoms with E-state index in [2.05, 4.69) is 23.5 Å². The quantitative estimate of drug-likeness (QED) is 0.473. The second-order valence-corrected chi connectivity index (χ2v) is 8.72. The fraction of sp³-hybridized carbons (Fsp3) is 0.700. The molecule has 1 aromatic rings. The van der Waals surface area contributed by atoms with Crippen molar-refractivity contribution >= 4 is 15.7 Å². The molecular weight excluding hydrogens is 348 g/mol. The highest BCUT2D eigenvalue weighted by Gasteiger charge is 2.14. The molecule has 0 saturated heterocycles. The minimum atomic E-state index is -3.36. The molecule has 0 saturated carbocycles. The molecule has 0 aliphatic heterocycles. The smallest absolute Gasteiger partial charge is 0.229 e. The van der Waals surface area contributed by atoms with Crippen molar-refractivity contribution in [1.29, 1.82) is 0 Å². The molecule has 0 aliphatic rings. The van der Waals surface area contributed by atoms with E-state index in [4.69, 9.17) is 0 Å². The molecule has 6 heteroatoms. The SMILES string of the molecule is CCCCCCCN(CC)CCCC(O)c1ccccc1NS(C)(=O)=O. The Morgan fingerprint density at radius 1 is 1.04 bits per heavy atom. The third-order valence-corrected chi connectivity index (χ3v) is 5.18. The molecule has 0 bridgehead atoms. The summed E-state index contributed by atoms with van der Waals surface area (Å²) >= 11 is 0. The average molecular weight is 385 g/mol. The van der Waals surface area contributed by atoms with Crippen molar-refractivity contribution in [3.8, 4) is 0 Å². The number of anilines is 1. The van der Waals surface area contributed by atoms with Gasteiger partial charge in [0.25, 0.3) is 0 Å². The monoisotopic (exact) mass is 384 g/mol. The van der Waals surface area contributed by atoms with Crippen LogP contribution in [-0.2, 0) is 10.0 Å². The molecule has 0 aromatic heterocycles. The van der Waals surface area contributed by atoms with Crippen LogP contribution in [0.3, 0.4) is 0 Å². The predicted molar refractivity (Wildman–Crippen MR) is 110 cm³/mol. The van der Waals surface area contributed by atoms with Gasteiger partial charge in [0.2, 0.25) is 10.0 Å². The topological polar surface area (TPSA) is 69.6 Å². The number of aliphatic hydroxyl groups is 1. The number of para-hydroxylation sites is 1. The summed E-state index contributed by atoms with van der Waals surface area (Å²) in [6.07, 6.45) is 8.39. The van der Waals surface area contributed by atoms with Gasteiger partial charge in [-0.3, -0.25) is 4.72 Å². The van der Waals surface area contributed by atoms with Gasteiger partial charge in [-0.2, -0.15) is 0 Å². The van der Waals surface area contributed by atoms with Crippen LogP contribution in [0, 0.1) is 0 Å². The van der Waals surface area contributed by atoms with Gasteiger partial charge in [-0.15, -0.1) is 0 Å². The molecule has 1 unspecified atom stereocenters. The first-order chi connectivity index (χ1) is 12.4. The Morgan fingerprint density at radius 2 is 1.69 bits per heavy atom. The molecule has 0 radical (unpaired) electrons. The normalized spacial score (nSPS) is 13.1. The van der Waals surface area contributed by atoms with Crippen LogP contribution in [-0.4, -0.2) is 44.3 Å². The van der Waals surface area contributed by atoms with Crippen molar-refractivity contribution < 1.29 is 13.5 Å². The third kappa shape index (κ3) is 9.55. The number of nitrogens with zero attached hydrogens (tertiary/aromatic N) is 1. The molecule has 0 spiro atoms. The van der Waals surface area contributed by atoms with Gasteiger partial charge in [0.15, 0.2) is 0 Å². The van der Waals surface area contributed by atoms with Crippen molar-refractivity contribution in [3.05, 3.63) is 29.8 Å². The molecule has 0 aliphatic carbocycles. The van der Waals surface area contributed by atoms with Crippen LogP contribution in [0.4, 0.5) is 5.69 Å². The van der Waals surface area contributed by atoms with Gasteiger partial charge in [-0.25, -0.2) is 8.42 Å². The molecule has 1 rings (SSSR count). The molecule has 26 heavy (non-hydrogen) atoms. The maximum atomic E-state index is 11.5. The fourth-order valence-corrected chi connectivity index (χ4v) is 3.70. The van der Waals surface area contributed by atoms with Gasteiger partial charge in [0.1, 0.15) is 0 Å². The van der Waals surface area contributed by atoms with Crippen LogP contribution in [0.1, 0.15) is 70.5 Å². The summed E-state index contributed by atoms with van der Waals surface area (Å²) < 4.78 is 25.5. The minimum absolute atomic E-state index is 0.464. The van der Waals surface area contributed by atoms with Crippen LogP contribution in [0.5, 0.6) is 0 Å². The highest BCUT2D eigenvalue weighted by Crippen LogP contribution is 2.26. The summed E-state index contributed by atoms with van der Waals surface area (Å²) in [6, 6.07) is 7.06. The summed E-state index contributed by atoms with van der Waals surface area (Å²) in [5, 5.41) is 10.5. The van der Waals surface area contributed by atoms with Crippen molar-refractivity contribution in [1.82, 2.24) is 4.90 Å². The van der Waals surface area contributed by atoms with Gasteiger partial charge >= 0.3 is 0 Å². The molecule has 1 aromatic carbocycles. The largest absolute Gasteiger partial charge is 0.388 e. The lowest BCUT2D eigenvalue weighted by Gasteiger charge is -2.22. The molecule has 2 N–H and O–H groups in total. The van der Waals surface area contributed by atoms with E-state index < -0.39 is 16.1 Å². The first-order valence-electron chi connectivity index (χ1n) is 9.84. The first kappa shape index (κ1) is 22.9. The Kier molecular flexibility index (Phi) is 10.9. The van der Waals surface area contributed by atoms with Gasteiger partial charge < -0.3 is 10.0 Å². The number of aliphatic hydroxyl groups excluding tert-OH is 1. The maximum Gasteiger partial charge on any atom is 0.229 e. The zero-order valence-electron chi connectivity index (χ0n) is 16.6. The average Bonchev–Trinajstić information content (AvgIpc) is 2.59. The summed E-state index contributed by atoms with van der Waals surface area (Å²) in [6.45, 7) is 7.50. The van der Waals surface area contributed by atoms with Gasteiger partial charge in [0, 0.05) is 5.56 Å². The van der Waals surface area contributed by atoms with E-state index in [0.29, 0.717) is 17.7 Å². The summed E-state index contributed by atoms with van der Waals surface area (Å²) in [5.41, 5.74) is 1.10. The van der Waals surface area contributed by atoms with Crippen molar-refractivity contribution in [3.63, 3.8) is 0 Å². The Balaban J connectivity index is 2.44. The summed E-state index contributed by atoms with van der Waals surface area (Å²) in [4.78, 5) is 2.43.